The highest BCUT2D eigenvalue weighted by Gasteiger charge is 2.34. The predicted molar refractivity (Wildman–Crippen MR) is 141 cm³/mol. The molecule has 0 fully saturated rings. The Morgan fingerprint density at radius 1 is 0.750 bits per heavy atom. The van der Waals surface area contributed by atoms with Crippen LogP contribution in [0.5, 0.6) is 0 Å². The number of hydrogen-bond acceptors (Lipinski definition) is 3. The van der Waals surface area contributed by atoms with Crippen LogP contribution in [0.4, 0.5) is 38.1 Å². The fourth-order valence-corrected chi connectivity index (χ4v) is 4.33. The van der Waals surface area contributed by atoms with Gasteiger partial charge in [0.1, 0.15) is 17.3 Å². The van der Waals surface area contributed by atoms with Crippen LogP contribution in [-0.4, -0.2) is 16.8 Å². The molecule has 2 amide bonds. The van der Waals surface area contributed by atoms with Crippen molar-refractivity contribution in [3.8, 4) is 11.1 Å². The van der Waals surface area contributed by atoms with Crippen LogP contribution in [0.1, 0.15) is 21.5 Å². The highest BCUT2D eigenvalue weighted by Crippen LogP contribution is 2.39. The van der Waals surface area contributed by atoms with Gasteiger partial charge in [0.15, 0.2) is 5.78 Å². The molecule has 0 saturated heterocycles. The summed E-state index contributed by atoms with van der Waals surface area (Å²) in [5.74, 6) is -2.41. The maximum atomic E-state index is 14.0. The van der Waals surface area contributed by atoms with Gasteiger partial charge in [0.05, 0.1) is 11.1 Å². The van der Waals surface area contributed by atoms with Gasteiger partial charge < -0.3 is 10.6 Å². The number of ketones is 1. The molecule has 5 aromatic rings. The van der Waals surface area contributed by atoms with Crippen LogP contribution in [0.25, 0.3) is 22.0 Å². The van der Waals surface area contributed by atoms with E-state index in [1.165, 1.54) is 30.3 Å². The summed E-state index contributed by atoms with van der Waals surface area (Å²) in [6, 6.07) is 19.9. The Hall–Kier alpha value is -5.12. The Morgan fingerprint density at radius 2 is 1.43 bits per heavy atom. The van der Waals surface area contributed by atoms with E-state index in [0.29, 0.717) is 11.1 Å². The quantitative estimate of drug-likeness (QED) is 0.173. The highest BCUT2D eigenvalue weighted by atomic mass is 19.4. The zero-order valence-corrected chi connectivity index (χ0v) is 20.4. The van der Waals surface area contributed by atoms with Crippen molar-refractivity contribution < 1.29 is 31.5 Å². The maximum Gasteiger partial charge on any atom is 0.418 e. The van der Waals surface area contributed by atoms with E-state index >= 15 is 0 Å². The van der Waals surface area contributed by atoms with Crippen LogP contribution in [0.3, 0.4) is 0 Å². The van der Waals surface area contributed by atoms with Crippen molar-refractivity contribution in [2.24, 2.45) is 0 Å². The number of nitrogens with one attached hydrogen (secondary N) is 2. The Kier molecular flexibility index (Phi) is 7.00. The maximum absolute atomic E-state index is 14.0. The number of para-hydroxylation sites is 2. The van der Waals surface area contributed by atoms with E-state index in [4.69, 9.17) is 0 Å². The van der Waals surface area contributed by atoms with Gasteiger partial charge in [0, 0.05) is 34.0 Å². The topological polar surface area (TPSA) is 71.1 Å². The summed E-state index contributed by atoms with van der Waals surface area (Å²) in [6.07, 6.45) is -3.59. The van der Waals surface area contributed by atoms with E-state index in [9.17, 15) is 31.5 Å². The van der Waals surface area contributed by atoms with Crippen LogP contribution >= 0.6 is 0 Å². The molecule has 2 N–H and O–H groups in total. The lowest BCUT2D eigenvalue weighted by molar-refractivity contribution is -0.136. The largest absolute Gasteiger partial charge is 0.418 e. The van der Waals surface area contributed by atoms with Gasteiger partial charge in [-0.05, 0) is 35.9 Å². The fourth-order valence-electron chi connectivity index (χ4n) is 4.33. The zero-order chi connectivity index (χ0) is 28.4. The molecule has 5 rings (SSSR count). The summed E-state index contributed by atoms with van der Waals surface area (Å²) in [6.45, 7) is 0. The van der Waals surface area contributed by atoms with E-state index < -0.39 is 40.9 Å². The van der Waals surface area contributed by atoms with Crippen LogP contribution < -0.4 is 10.6 Å². The number of carbonyl (C=O) groups excluding carboxylic acids is 2. The molecule has 200 valence electrons. The van der Waals surface area contributed by atoms with Crippen molar-refractivity contribution in [2.45, 2.75) is 6.18 Å². The van der Waals surface area contributed by atoms with Gasteiger partial charge in [-0.1, -0.05) is 60.7 Å². The molecule has 0 aliphatic heterocycles. The lowest BCUT2D eigenvalue weighted by atomic mass is 9.91. The number of nitrogens with zero attached hydrogens (tertiary/aromatic N) is 1. The monoisotopic (exact) mass is 547 g/mol. The summed E-state index contributed by atoms with van der Waals surface area (Å²) in [5.41, 5.74) is -0.972. The van der Waals surface area contributed by atoms with Gasteiger partial charge in [0.2, 0.25) is 0 Å². The lowest BCUT2D eigenvalue weighted by Gasteiger charge is -2.16. The van der Waals surface area contributed by atoms with E-state index in [0.717, 1.165) is 30.5 Å². The molecule has 0 spiro atoms. The molecule has 1 heterocycles. The standard InChI is InChI=1S/C30H18F5N3O2/c31-23-13-6-14-24(32)27(23)38-29(40)37-19-10-4-9-18(15-19)25-20-11-5-12-22(30(33,34)35)26(20)36-16-21(25)28(39)17-7-2-1-3-8-17/h1-16H,(H2,37,38,40). The minimum absolute atomic E-state index is 0.0491. The molecule has 5 nitrogen and oxygen atoms in total. The van der Waals surface area contributed by atoms with E-state index in [2.05, 4.69) is 15.6 Å². The Bertz CT molecular complexity index is 1730. The number of alkyl halides is 3. The van der Waals surface area contributed by atoms with Crippen molar-refractivity contribution in [3.63, 3.8) is 0 Å². The van der Waals surface area contributed by atoms with Gasteiger partial charge in [-0.25, -0.2) is 13.6 Å². The summed E-state index contributed by atoms with van der Waals surface area (Å²) in [7, 11) is 0. The molecule has 0 aliphatic rings. The normalized spacial score (nSPS) is 11.3. The first-order chi connectivity index (χ1) is 19.1. The lowest BCUT2D eigenvalue weighted by Crippen LogP contribution is -2.21. The number of benzene rings is 4. The second-order valence-corrected chi connectivity index (χ2v) is 8.70. The SMILES string of the molecule is O=C(Nc1cccc(-c2c(C(=O)c3ccccc3)cnc3c(C(F)(F)F)cccc23)c1)Nc1c(F)cccc1F. The molecule has 0 unspecified atom stereocenters. The van der Waals surface area contributed by atoms with Crippen molar-refractivity contribution in [3.05, 3.63) is 126 Å². The molecule has 0 saturated carbocycles. The fraction of sp³-hybridized carbons (Fsp3) is 0.0333. The summed E-state index contributed by atoms with van der Waals surface area (Å²) < 4.78 is 69.3. The van der Waals surface area contributed by atoms with Gasteiger partial charge in [-0.3, -0.25) is 9.78 Å². The number of halogens is 5. The van der Waals surface area contributed by atoms with Crippen LogP contribution in [0, 0.1) is 11.6 Å². The third-order valence-electron chi connectivity index (χ3n) is 6.09. The number of anilines is 2. The summed E-state index contributed by atoms with van der Waals surface area (Å²) in [5, 5.41) is 4.63. The van der Waals surface area contributed by atoms with Crippen molar-refractivity contribution in [2.75, 3.05) is 10.6 Å². The van der Waals surface area contributed by atoms with Crippen LogP contribution in [0.15, 0.2) is 97.2 Å². The number of fused-ring (bicyclic) bond motifs is 1. The number of hydrogen-bond donors (Lipinski definition) is 2. The third kappa shape index (κ3) is 5.24. The molecule has 4 aromatic carbocycles. The first-order valence-corrected chi connectivity index (χ1v) is 11.8. The van der Waals surface area contributed by atoms with E-state index in [-0.39, 0.29) is 27.7 Å². The molecule has 10 heteroatoms. The molecule has 0 bridgehead atoms. The molecular weight excluding hydrogens is 529 g/mol. The molecule has 0 atom stereocenters. The van der Waals surface area contributed by atoms with E-state index in [1.54, 1.807) is 36.4 Å². The number of aromatic nitrogens is 1. The first kappa shape index (κ1) is 26.5. The molecule has 0 aliphatic carbocycles. The number of urea groups is 1. The van der Waals surface area contributed by atoms with Crippen molar-refractivity contribution in [1.29, 1.82) is 0 Å². The van der Waals surface area contributed by atoms with Gasteiger partial charge in [-0.2, -0.15) is 13.2 Å². The molecule has 1 aromatic heterocycles. The second-order valence-electron chi connectivity index (χ2n) is 8.70. The number of amides is 2. The Labute approximate surface area is 224 Å². The zero-order valence-electron chi connectivity index (χ0n) is 20.4. The molecule has 40 heavy (non-hydrogen) atoms. The van der Waals surface area contributed by atoms with Gasteiger partial charge in [0.25, 0.3) is 0 Å². The van der Waals surface area contributed by atoms with Crippen molar-refractivity contribution >= 4 is 34.1 Å². The average molecular weight is 547 g/mol. The minimum Gasteiger partial charge on any atom is -0.308 e. The van der Waals surface area contributed by atoms with Crippen LogP contribution in [0.2, 0.25) is 0 Å². The average Bonchev–Trinajstić information content (AvgIpc) is 2.94. The number of carbonyl (C=O) groups is 2. The number of pyridine rings is 1. The number of rotatable bonds is 5. The Balaban J connectivity index is 1.61. The minimum atomic E-state index is -4.70. The Morgan fingerprint density at radius 3 is 2.12 bits per heavy atom. The summed E-state index contributed by atoms with van der Waals surface area (Å²) >= 11 is 0. The van der Waals surface area contributed by atoms with Crippen molar-refractivity contribution in [1.82, 2.24) is 4.98 Å². The second kappa shape index (κ2) is 10.6. The smallest absolute Gasteiger partial charge is 0.308 e. The van der Waals surface area contributed by atoms with E-state index in [1.807, 2.05) is 0 Å². The van der Waals surface area contributed by atoms with Gasteiger partial charge in [-0.15, -0.1) is 0 Å². The first-order valence-electron chi connectivity index (χ1n) is 11.8. The molecule has 0 radical (unpaired) electrons. The highest BCUT2D eigenvalue weighted by molar-refractivity contribution is 6.17. The third-order valence-corrected chi connectivity index (χ3v) is 6.09. The van der Waals surface area contributed by atoms with Crippen LogP contribution in [-0.2, 0) is 6.18 Å². The van der Waals surface area contributed by atoms with Gasteiger partial charge >= 0.3 is 12.2 Å². The predicted octanol–water partition coefficient (Wildman–Crippen LogP) is 8.07. The summed E-state index contributed by atoms with van der Waals surface area (Å²) in [4.78, 5) is 30.0. The molecular formula is C30H18F5N3O2.